The Morgan fingerprint density at radius 2 is 1.35 bits per heavy atom. The molecule has 0 amide bonds. The van der Waals surface area contributed by atoms with Gasteiger partial charge in [-0.3, -0.25) is 4.79 Å². The standard InChI is InChI=1S/C11H15F5O5S2/c12-10(13,9(17)6-8-4-2-1-3-5-8)22(18,19)7-23(20,21)11(14,15)16/h8H,1-7H2. The molecule has 23 heavy (non-hydrogen) atoms. The van der Waals surface area contributed by atoms with E-state index in [4.69, 9.17) is 0 Å². The molecular formula is C11H15F5O5S2. The highest BCUT2D eigenvalue weighted by atomic mass is 32.3. The third-order valence-electron chi connectivity index (χ3n) is 3.58. The summed E-state index contributed by atoms with van der Waals surface area (Å²) in [5.74, 6) is -2.54. The average Bonchev–Trinajstić information content (AvgIpc) is 2.37. The molecule has 0 unspecified atom stereocenters. The third-order valence-corrected chi connectivity index (χ3v) is 7.77. The summed E-state index contributed by atoms with van der Waals surface area (Å²) in [4.78, 5) is 11.5. The second kappa shape index (κ2) is 6.61. The molecule has 5 nitrogen and oxygen atoms in total. The Balaban J connectivity index is 2.94. The van der Waals surface area contributed by atoms with Crippen molar-refractivity contribution < 1.29 is 43.6 Å². The predicted molar refractivity (Wildman–Crippen MR) is 69.9 cm³/mol. The second-order valence-electron chi connectivity index (χ2n) is 5.44. The van der Waals surface area contributed by atoms with Gasteiger partial charge in [-0.05, 0) is 5.92 Å². The fourth-order valence-electron chi connectivity index (χ4n) is 2.29. The Hall–Kier alpha value is -0.780. The van der Waals surface area contributed by atoms with Crippen LogP contribution in [0.5, 0.6) is 0 Å². The van der Waals surface area contributed by atoms with Gasteiger partial charge in [0, 0.05) is 6.42 Å². The highest BCUT2D eigenvalue weighted by molar-refractivity contribution is 8.09. The predicted octanol–water partition coefficient (Wildman–Crippen LogP) is 2.43. The monoisotopic (exact) mass is 386 g/mol. The average molecular weight is 386 g/mol. The molecule has 0 aromatic heterocycles. The molecule has 0 saturated heterocycles. The van der Waals surface area contributed by atoms with Crippen LogP contribution in [0.3, 0.4) is 0 Å². The topological polar surface area (TPSA) is 85.3 Å². The number of carbonyl (C=O) groups is 1. The molecule has 0 atom stereocenters. The molecule has 1 aliphatic carbocycles. The van der Waals surface area contributed by atoms with Gasteiger partial charge in [-0.2, -0.15) is 22.0 Å². The molecule has 1 aliphatic rings. The van der Waals surface area contributed by atoms with Crippen LogP contribution >= 0.6 is 0 Å². The molecule has 136 valence electrons. The normalized spacial score (nSPS) is 18.8. The SMILES string of the molecule is O=C(CC1CCCCC1)C(F)(F)S(=O)(=O)CS(=O)(=O)C(F)(F)F. The lowest BCUT2D eigenvalue weighted by atomic mass is 9.86. The van der Waals surface area contributed by atoms with Gasteiger partial charge >= 0.3 is 10.8 Å². The quantitative estimate of drug-likeness (QED) is 0.655. The highest BCUT2D eigenvalue weighted by Gasteiger charge is 2.58. The Bertz CT molecular complexity index is 645. The molecule has 0 bridgehead atoms. The van der Waals surface area contributed by atoms with E-state index in [-0.39, 0.29) is 0 Å². The van der Waals surface area contributed by atoms with Crippen LogP contribution in [0.25, 0.3) is 0 Å². The van der Waals surface area contributed by atoms with Crippen LogP contribution in [0.2, 0.25) is 0 Å². The summed E-state index contributed by atoms with van der Waals surface area (Å²) >= 11 is 0. The van der Waals surface area contributed by atoms with Gasteiger partial charge in [-0.15, -0.1) is 0 Å². The molecule has 0 aliphatic heterocycles. The van der Waals surface area contributed by atoms with Gasteiger partial charge in [-0.25, -0.2) is 16.8 Å². The van der Waals surface area contributed by atoms with Crippen LogP contribution in [-0.2, 0) is 24.5 Å². The van der Waals surface area contributed by atoms with Crippen molar-refractivity contribution in [2.75, 3.05) is 5.08 Å². The van der Waals surface area contributed by atoms with E-state index in [2.05, 4.69) is 0 Å². The fourth-order valence-corrected chi connectivity index (χ4v) is 5.48. The van der Waals surface area contributed by atoms with Crippen LogP contribution in [0.4, 0.5) is 22.0 Å². The van der Waals surface area contributed by atoms with Gasteiger partial charge in [0.1, 0.15) is 0 Å². The van der Waals surface area contributed by atoms with E-state index in [1.165, 1.54) is 0 Å². The molecule has 12 heteroatoms. The number of rotatable bonds is 6. The van der Waals surface area contributed by atoms with Crippen molar-refractivity contribution in [3.05, 3.63) is 0 Å². The molecule has 1 saturated carbocycles. The van der Waals surface area contributed by atoms with Crippen LogP contribution in [0, 0.1) is 5.92 Å². The van der Waals surface area contributed by atoms with Crippen LogP contribution in [0.15, 0.2) is 0 Å². The highest BCUT2D eigenvalue weighted by Crippen LogP contribution is 2.34. The first-order valence-electron chi connectivity index (χ1n) is 6.63. The van der Waals surface area contributed by atoms with Gasteiger partial charge in [0.2, 0.25) is 15.6 Å². The van der Waals surface area contributed by atoms with E-state index in [1.807, 2.05) is 0 Å². The van der Waals surface area contributed by atoms with Gasteiger partial charge in [0.05, 0.1) is 0 Å². The maximum atomic E-state index is 13.7. The lowest BCUT2D eigenvalue weighted by Gasteiger charge is -2.23. The third kappa shape index (κ3) is 4.61. The lowest BCUT2D eigenvalue weighted by Crippen LogP contribution is -2.44. The Morgan fingerprint density at radius 1 is 0.870 bits per heavy atom. The number of hydrogen-bond donors (Lipinski definition) is 0. The molecule has 0 radical (unpaired) electrons. The van der Waals surface area contributed by atoms with Gasteiger partial charge < -0.3 is 0 Å². The summed E-state index contributed by atoms with van der Waals surface area (Å²) in [6, 6.07) is 0. The van der Waals surface area contributed by atoms with Crippen molar-refractivity contribution in [3.8, 4) is 0 Å². The molecular weight excluding hydrogens is 371 g/mol. The molecule has 0 heterocycles. The molecule has 1 rings (SSSR count). The van der Waals surface area contributed by atoms with Crippen molar-refractivity contribution in [2.45, 2.75) is 49.3 Å². The van der Waals surface area contributed by atoms with E-state index in [0.717, 1.165) is 6.42 Å². The zero-order valence-electron chi connectivity index (χ0n) is 11.8. The molecule has 0 N–H and O–H groups in total. The van der Waals surface area contributed by atoms with Gasteiger partial charge in [-0.1, -0.05) is 32.1 Å². The summed E-state index contributed by atoms with van der Waals surface area (Å²) < 4.78 is 108. The first-order valence-corrected chi connectivity index (χ1v) is 9.93. The number of carbonyl (C=O) groups excluding carboxylic acids is 1. The summed E-state index contributed by atoms with van der Waals surface area (Å²) in [7, 11) is -12.5. The number of halogens is 5. The minimum atomic E-state index is -6.33. The summed E-state index contributed by atoms with van der Waals surface area (Å²) in [6.45, 7) is 0. The maximum absolute atomic E-state index is 13.7. The van der Waals surface area contributed by atoms with Crippen molar-refractivity contribution in [3.63, 3.8) is 0 Å². The molecule has 1 fully saturated rings. The van der Waals surface area contributed by atoms with Gasteiger partial charge in [0.25, 0.3) is 9.84 Å². The van der Waals surface area contributed by atoms with Crippen molar-refractivity contribution >= 4 is 25.5 Å². The van der Waals surface area contributed by atoms with Crippen molar-refractivity contribution in [2.24, 2.45) is 5.92 Å². The van der Waals surface area contributed by atoms with Crippen LogP contribution in [-0.4, -0.2) is 38.5 Å². The minimum absolute atomic E-state index is 0.433. The van der Waals surface area contributed by atoms with E-state index in [9.17, 15) is 43.6 Å². The smallest absolute Gasteiger partial charge is 0.292 e. The second-order valence-corrected chi connectivity index (χ2v) is 9.82. The van der Waals surface area contributed by atoms with Crippen LogP contribution < -0.4 is 0 Å². The number of alkyl halides is 5. The zero-order chi connectivity index (χ0) is 18.1. The first kappa shape index (κ1) is 20.3. The van der Waals surface area contributed by atoms with Crippen LogP contribution in [0.1, 0.15) is 38.5 Å². The number of hydrogen-bond acceptors (Lipinski definition) is 5. The maximum Gasteiger partial charge on any atom is 0.498 e. The van der Waals surface area contributed by atoms with E-state index in [1.54, 1.807) is 0 Å². The summed E-state index contributed by atoms with van der Waals surface area (Å²) in [6.07, 6.45) is 2.27. The fraction of sp³-hybridized carbons (Fsp3) is 0.909. The molecule has 0 aromatic rings. The number of Topliss-reactive ketones (excluding diaryl/α,β-unsaturated/α-hetero) is 1. The van der Waals surface area contributed by atoms with E-state index in [0.29, 0.717) is 25.7 Å². The van der Waals surface area contributed by atoms with Crippen molar-refractivity contribution in [1.29, 1.82) is 0 Å². The Kier molecular flexibility index (Phi) is 5.83. The lowest BCUT2D eigenvalue weighted by molar-refractivity contribution is -0.134. The molecule has 0 aromatic carbocycles. The first-order chi connectivity index (χ1) is 10.2. The number of ketones is 1. The zero-order valence-corrected chi connectivity index (χ0v) is 13.4. The minimum Gasteiger partial charge on any atom is -0.292 e. The summed E-state index contributed by atoms with van der Waals surface area (Å²) in [5.41, 5.74) is -6.00. The largest absolute Gasteiger partial charge is 0.498 e. The number of sulfone groups is 2. The Morgan fingerprint density at radius 3 is 1.78 bits per heavy atom. The molecule has 0 spiro atoms. The van der Waals surface area contributed by atoms with Gasteiger partial charge in [0.15, 0.2) is 5.08 Å². The van der Waals surface area contributed by atoms with E-state index >= 15 is 0 Å². The summed E-state index contributed by atoms with van der Waals surface area (Å²) in [5, 5.41) is -8.02. The Labute approximate surface area is 130 Å². The van der Waals surface area contributed by atoms with E-state index < -0.39 is 53.6 Å². The van der Waals surface area contributed by atoms with Crippen molar-refractivity contribution in [1.82, 2.24) is 0 Å².